The maximum Gasteiger partial charge on any atom is 0.275 e. The van der Waals surface area contributed by atoms with Crippen molar-refractivity contribution in [3.8, 4) is 11.8 Å². The predicted molar refractivity (Wildman–Crippen MR) is 181 cm³/mol. The average Bonchev–Trinajstić information content (AvgIpc) is 3.06. The predicted octanol–water partition coefficient (Wildman–Crippen LogP) is 8.34. The summed E-state index contributed by atoms with van der Waals surface area (Å²) < 4.78 is 6.04. The summed E-state index contributed by atoms with van der Waals surface area (Å²) in [5.74, 6) is 7.43. The molecule has 1 amide bonds. The Hall–Kier alpha value is -2.97. The molecule has 0 radical (unpaired) electrons. The second-order valence-electron chi connectivity index (χ2n) is 15.7. The van der Waals surface area contributed by atoms with Crippen LogP contribution in [0.5, 0.6) is 0 Å². The first-order valence-electron chi connectivity index (χ1n) is 16.7. The number of aldehydes is 1. The minimum Gasteiger partial charge on any atom is -0.361 e. The topological polar surface area (TPSA) is 59.0 Å². The van der Waals surface area contributed by atoms with Gasteiger partial charge in [-0.2, -0.15) is 0 Å². The minimum atomic E-state index is -0.592. The molecule has 1 saturated carbocycles. The zero-order valence-corrected chi connectivity index (χ0v) is 28.4. The van der Waals surface area contributed by atoms with Crippen molar-refractivity contribution in [2.75, 3.05) is 6.61 Å². The standard InChI is InChI=1S/C39H54N2O3/c1-28(2)27-44-33-15-10-9-13-31(18-19-33)35-36(43)41(39(40-35)24-20-32(21-25-39)38(6,7)8)34(22-23-37(3,4)5)30-14-11-12-29(26-42)16-17-30/h11,13-14,16-19,26,28,32-34H,9,12,20-25,27H2,1-8H3/b19-18-,31-13+. The van der Waals surface area contributed by atoms with Crippen molar-refractivity contribution in [2.24, 2.45) is 27.7 Å². The number of carbonyl (C=O) groups excluding carboxylic acids is 2. The Balaban J connectivity index is 1.77. The first kappa shape index (κ1) is 33.9. The van der Waals surface area contributed by atoms with Crippen LogP contribution in [0.25, 0.3) is 0 Å². The number of aliphatic imine (C=N–C) groups is 1. The number of carbonyl (C=O) groups is 2. The third-order valence-corrected chi connectivity index (χ3v) is 9.37. The summed E-state index contributed by atoms with van der Waals surface area (Å²) in [7, 11) is 0. The van der Waals surface area contributed by atoms with Crippen molar-refractivity contribution in [3.05, 3.63) is 59.3 Å². The van der Waals surface area contributed by atoms with Crippen LogP contribution in [0.1, 0.15) is 107 Å². The van der Waals surface area contributed by atoms with Crippen LogP contribution in [0.3, 0.4) is 0 Å². The highest BCUT2D eigenvalue weighted by atomic mass is 16.5. The van der Waals surface area contributed by atoms with Gasteiger partial charge < -0.3 is 9.64 Å². The van der Waals surface area contributed by atoms with Gasteiger partial charge in [0.25, 0.3) is 5.91 Å². The number of nitrogens with zero attached hydrogens (tertiary/aromatic N) is 2. The molecule has 1 aliphatic heterocycles. The number of hydrogen-bond donors (Lipinski definition) is 0. The zero-order chi connectivity index (χ0) is 32.1. The lowest BCUT2D eigenvalue weighted by Crippen LogP contribution is -2.55. The van der Waals surface area contributed by atoms with E-state index in [9.17, 15) is 9.59 Å². The van der Waals surface area contributed by atoms with E-state index in [-0.39, 0.29) is 28.9 Å². The van der Waals surface area contributed by atoms with Crippen molar-refractivity contribution in [3.63, 3.8) is 0 Å². The summed E-state index contributed by atoms with van der Waals surface area (Å²) in [4.78, 5) is 34.0. The first-order valence-corrected chi connectivity index (χ1v) is 16.7. The largest absolute Gasteiger partial charge is 0.361 e. The van der Waals surface area contributed by atoms with E-state index < -0.39 is 5.66 Å². The molecular weight excluding hydrogens is 544 g/mol. The van der Waals surface area contributed by atoms with Gasteiger partial charge in [-0.1, -0.05) is 104 Å². The molecule has 0 aromatic carbocycles. The third kappa shape index (κ3) is 8.39. The minimum absolute atomic E-state index is 0.000312. The molecule has 1 spiro atoms. The number of ether oxygens (including phenoxy) is 1. The molecule has 4 aliphatic rings. The molecule has 1 fully saturated rings. The molecule has 5 nitrogen and oxygen atoms in total. The number of rotatable bonds is 9. The van der Waals surface area contributed by atoms with Gasteiger partial charge in [0.2, 0.25) is 0 Å². The Morgan fingerprint density at radius 1 is 1.11 bits per heavy atom. The summed E-state index contributed by atoms with van der Waals surface area (Å²) in [5, 5.41) is 0. The average molecular weight is 599 g/mol. The summed E-state index contributed by atoms with van der Waals surface area (Å²) >= 11 is 0. The second kappa shape index (κ2) is 14.0. The maximum absolute atomic E-state index is 14.8. The van der Waals surface area contributed by atoms with Crippen molar-refractivity contribution in [1.82, 2.24) is 4.90 Å². The van der Waals surface area contributed by atoms with E-state index >= 15 is 0 Å². The fraction of sp³-hybridized carbons (Fsp3) is 0.615. The lowest BCUT2D eigenvalue weighted by Gasteiger charge is -2.48. The molecule has 3 aliphatic carbocycles. The van der Waals surface area contributed by atoms with E-state index in [0.29, 0.717) is 37.0 Å². The molecule has 0 aromatic rings. The van der Waals surface area contributed by atoms with Crippen LogP contribution in [0.15, 0.2) is 64.2 Å². The van der Waals surface area contributed by atoms with Crippen molar-refractivity contribution in [1.29, 1.82) is 0 Å². The van der Waals surface area contributed by atoms with E-state index in [2.05, 4.69) is 90.4 Å². The highest BCUT2D eigenvalue weighted by molar-refractivity contribution is 6.47. The van der Waals surface area contributed by atoms with Crippen LogP contribution in [0, 0.1) is 34.5 Å². The van der Waals surface area contributed by atoms with Gasteiger partial charge in [-0.25, -0.2) is 0 Å². The summed E-state index contributed by atoms with van der Waals surface area (Å²) in [5.41, 5.74) is 2.93. The van der Waals surface area contributed by atoms with Crippen LogP contribution in [-0.4, -0.2) is 47.2 Å². The summed E-state index contributed by atoms with van der Waals surface area (Å²) in [6.45, 7) is 18.6. The van der Waals surface area contributed by atoms with Crippen molar-refractivity contribution in [2.45, 2.75) is 125 Å². The third-order valence-electron chi connectivity index (χ3n) is 9.37. The van der Waals surface area contributed by atoms with Gasteiger partial charge in [0.15, 0.2) is 0 Å². The Morgan fingerprint density at radius 3 is 2.48 bits per heavy atom. The SMILES string of the molecule is CC(C)COC1C#CC/C=C(C2=NC3(CCC(C(C)(C)C)CC3)N(C(CCC(C)(C)C)C3=CC=C(C=O)CC=C3)C2=O)\C=C/1. The van der Waals surface area contributed by atoms with Gasteiger partial charge in [-0.05, 0) is 84.8 Å². The molecule has 5 heteroatoms. The molecular formula is C39H54N2O3. The zero-order valence-electron chi connectivity index (χ0n) is 28.4. The highest BCUT2D eigenvalue weighted by Crippen LogP contribution is 2.49. The maximum atomic E-state index is 14.8. The van der Waals surface area contributed by atoms with Gasteiger partial charge in [-0.3, -0.25) is 14.6 Å². The van der Waals surface area contributed by atoms with E-state index in [4.69, 9.17) is 9.73 Å². The quantitative estimate of drug-likeness (QED) is 0.198. The van der Waals surface area contributed by atoms with E-state index in [1.165, 1.54) is 0 Å². The van der Waals surface area contributed by atoms with Crippen LogP contribution in [-0.2, 0) is 14.3 Å². The monoisotopic (exact) mass is 598 g/mol. The normalized spacial score (nSPS) is 28.6. The fourth-order valence-electron chi connectivity index (χ4n) is 6.71. The van der Waals surface area contributed by atoms with Gasteiger partial charge in [0.1, 0.15) is 23.8 Å². The molecule has 0 aromatic heterocycles. The van der Waals surface area contributed by atoms with Crippen LogP contribution < -0.4 is 0 Å². The molecule has 2 unspecified atom stereocenters. The van der Waals surface area contributed by atoms with Crippen molar-refractivity contribution < 1.29 is 14.3 Å². The molecule has 0 N–H and O–H groups in total. The number of amides is 1. The second-order valence-corrected chi connectivity index (χ2v) is 15.7. The summed E-state index contributed by atoms with van der Waals surface area (Å²) in [6.07, 6.45) is 21.5. The molecule has 0 bridgehead atoms. The molecule has 1 heterocycles. The Morgan fingerprint density at radius 2 is 1.84 bits per heavy atom. The van der Waals surface area contributed by atoms with Crippen molar-refractivity contribution >= 4 is 17.9 Å². The Labute approximate surface area is 266 Å². The van der Waals surface area contributed by atoms with Crippen LogP contribution >= 0.6 is 0 Å². The Bertz CT molecular complexity index is 1320. The summed E-state index contributed by atoms with van der Waals surface area (Å²) in [6, 6.07) is -0.146. The van der Waals surface area contributed by atoms with Gasteiger partial charge in [0.05, 0.1) is 12.6 Å². The number of hydrogen-bond acceptors (Lipinski definition) is 4. The fourth-order valence-corrected chi connectivity index (χ4v) is 6.71. The molecule has 238 valence electrons. The van der Waals surface area contributed by atoms with Crippen LogP contribution in [0.4, 0.5) is 0 Å². The van der Waals surface area contributed by atoms with E-state index in [1.807, 2.05) is 24.3 Å². The van der Waals surface area contributed by atoms with Gasteiger partial charge in [0, 0.05) is 12.0 Å². The van der Waals surface area contributed by atoms with E-state index in [1.54, 1.807) is 0 Å². The van der Waals surface area contributed by atoms with Gasteiger partial charge in [-0.15, -0.1) is 0 Å². The molecule has 2 atom stereocenters. The van der Waals surface area contributed by atoms with E-state index in [0.717, 1.165) is 61.5 Å². The lowest BCUT2D eigenvalue weighted by molar-refractivity contribution is -0.132. The highest BCUT2D eigenvalue weighted by Gasteiger charge is 2.53. The number of allylic oxidation sites excluding steroid dienone is 6. The Kier molecular flexibility index (Phi) is 10.8. The van der Waals surface area contributed by atoms with Crippen LogP contribution in [0.2, 0.25) is 0 Å². The first-order chi connectivity index (χ1) is 20.7. The smallest absolute Gasteiger partial charge is 0.275 e. The molecule has 44 heavy (non-hydrogen) atoms. The molecule has 4 rings (SSSR count). The lowest BCUT2D eigenvalue weighted by atomic mass is 9.69. The molecule has 0 saturated heterocycles. The van der Waals surface area contributed by atoms with Gasteiger partial charge >= 0.3 is 0 Å².